The summed E-state index contributed by atoms with van der Waals surface area (Å²) in [6, 6.07) is 16.5. The first-order chi connectivity index (χ1) is 15.6. The fraction of sp³-hybridized carbons (Fsp3) is 0.154. The van der Waals surface area contributed by atoms with Gasteiger partial charge in [-0.05, 0) is 27.9 Å². The molecule has 3 aromatic carbocycles. The van der Waals surface area contributed by atoms with Crippen molar-refractivity contribution < 1.29 is 9.59 Å². The molecular formula is C26H18N3O2P. The van der Waals surface area contributed by atoms with Crippen LogP contribution in [-0.2, 0) is 4.79 Å². The Morgan fingerprint density at radius 3 is 2.16 bits per heavy atom. The van der Waals surface area contributed by atoms with Crippen LogP contribution in [-0.4, -0.2) is 25.5 Å². The Morgan fingerprint density at radius 1 is 0.844 bits per heavy atom. The van der Waals surface area contributed by atoms with Gasteiger partial charge in [-0.25, -0.2) is 0 Å². The molecule has 6 heteroatoms. The number of hydrogen-bond donors (Lipinski definition) is 0. The number of benzene rings is 3. The normalized spacial score (nSPS) is 21.8. The van der Waals surface area contributed by atoms with Crippen LogP contribution in [0.2, 0.25) is 0 Å². The van der Waals surface area contributed by atoms with E-state index in [1.54, 1.807) is 4.67 Å². The van der Waals surface area contributed by atoms with Gasteiger partial charge in [0.2, 0.25) is 0 Å². The Kier molecular flexibility index (Phi) is 2.85. The van der Waals surface area contributed by atoms with E-state index >= 15 is 0 Å². The first-order valence-electron chi connectivity index (χ1n) is 10.9. The highest BCUT2D eigenvalue weighted by atomic mass is 31.0. The molecule has 32 heavy (non-hydrogen) atoms. The molecule has 5 aromatic rings. The van der Waals surface area contributed by atoms with Crippen LogP contribution in [0.3, 0.4) is 0 Å². The first kappa shape index (κ1) is 17.2. The molecule has 2 aliphatic heterocycles. The third-order valence-electron chi connectivity index (χ3n) is 7.79. The molecule has 0 radical (unpaired) electrons. The molecule has 0 N–H and O–H groups in total. The van der Waals surface area contributed by atoms with Crippen molar-refractivity contribution in [1.29, 1.82) is 0 Å². The summed E-state index contributed by atoms with van der Waals surface area (Å²) in [4.78, 5) is 26.8. The summed E-state index contributed by atoms with van der Waals surface area (Å²) in [5.74, 6) is 0.249. The van der Waals surface area contributed by atoms with Gasteiger partial charge in [-0.2, -0.15) is 0 Å². The number of fused-ring (bicyclic) bond motifs is 13. The van der Waals surface area contributed by atoms with Crippen LogP contribution < -0.4 is 0 Å². The van der Waals surface area contributed by atoms with Gasteiger partial charge in [0.15, 0.2) is 5.78 Å². The Hall–Kier alpha value is -3.43. The van der Waals surface area contributed by atoms with Gasteiger partial charge >= 0.3 is 0 Å². The third-order valence-corrected chi connectivity index (χ3v) is 8.33. The lowest BCUT2D eigenvalue weighted by Gasteiger charge is -2.16. The van der Waals surface area contributed by atoms with Gasteiger partial charge in [0.25, 0.3) is 5.91 Å². The minimum atomic E-state index is -0.181. The highest BCUT2D eigenvalue weighted by Gasteiger charge is 2.44. The highest BCUT2D eigenvalue weighted by Crippen LogP contribution is 2.54. The number of aromatic nitrogens is 2. The highest BCUT2D eigenvalue weighted by molar-refractivity contribution is 7.15. The summed E-state index contributed by atoms with van der Waals surface area (Å²) in [6.45, 7) is 4.29. The van der Waals surface area contributed by atoms with Crippen LogP contribution in [0.25, 0.3) is 49.3 Å². The average molecular weight is 435 g/mol. The van der Waals surface area contributed by atoms with Gasteiger partial charge in [0, 0.05) is 56.3 Å². The van der Waals surface area contributed by atoms with Crippen LogP contribution in [0.15, 0.2) is 55.1 Å². The third kappa shape index (κ3) is 1.65. The van der Waals surface area contributed by atoms with Crippen molar-refractivity contribution in [3.05, 3.63) is 66.2 Å². The number of carbonyl (C=O) groups excluding carboxylic acids is 2. The molecule has 3 aliphatic rings. The molecule has 2 aromatic heterocycles. The second kappa shape index (κ2) is 5.31. The smallest absolute Gasteiger partial charge is 0.262 e. The number of para-hydroxylation sites is 2. The summed E-state index contributed by atoms with van der Waals surface area (Å²) in [7, 11) is 2.54. The fourth-order valence-electron chi connectivity index (χ4n) is 6.60. The molecule has 154 valence electrons. The number of hydrogen-bond acceptors (Lipinski definition) is 2. The molecule has 5 nitrogen and oxygen atoms in total. The van der Waals surface area contributed by atoms with Crippen LogP contribution in [0.5, 0.6) is 0 Å². The average Bonchev–Trinajstić information content (AvgIpc) is 3.47. The molecule has 8 rings (SSSR count). The fourth-order valence-corrected chi connectivity index (χ4v) is 6.86. The Balaban J connectivity index is 1.81. The van der Waals surface area contributed by atoms with Crippen molar-refractivity contribution in [1.82, 2.24) is 13.8 Å². The zero-order chi connectivity index (χ0) is 21.5. The summed E-state index contributed by atoms with van der Waals surface area (Å²) < 4.78 is 6.21. The van der Waals surface area contributed by atoms with Gasteiger partial charge in [-0.15, -0.1) is 0 Å². The van der Waals surface area contributed by atoms with Crippen molar-refractivity contribution in [2.24, 2.45) is 0 Å². The second-order valence-electron chi connectivity index (χ2n) is 9.17. The van der Waals surface area contributed by atoms with E-state index in [-0.39, 0.29) is 23.8 Å². The zero-order valence-electron chi connectivity index (χ0n) is 17.1. The lowest BCUT2D eigenvalue weighted by Crippen LogP contribution is -2.13. The van der Waals surface area contributed by atoms with Crippen LogP contribution in [0.4, 0.5) is 0 Å². The zero-order valence-corrected chi connectivity index (χ0v) is 18.3. The summed E-state index contributed by atoms with van der Waals surface area (Å²) in [6.07, 6.45) is 1.31. The predicted octanol–water partition coefficient (Wildman–Crippen LogP) is 5.58. The Labute approximate surface area is 185 Å². The topological polar surface area (TPSA) is 47.2 Å². The van der Waals surface area contributed by atoms with E-state index in [9.17, 15) is 9.59 Å². The summed E-state index contributed by atoms with van der Waals surface area (Å²) >= 11 is 0. The molecule has 1 amide bonds. The largest absolute Gasteiger partial charge is 0.335 e. The predicted molar refractivity (Wildman–Crippen MR) is 130 cm³/mol. The van der Waals surface area contributed by atoms with Crippen molar-refractivity contribution in [3.8, 4) is 0 Å². The lowest BCUT2D eigenvalue weighted by molar-refractivity contribution is -0.120. The molecule has 1 aliphatic carbocycles. The molecule has 3 unspecified atom stereocenters. The van der Waals surface area contributed by atoms with E-state index in [2.05, 4.69) is 49.4 Å². The Bertz CT molecular complexity index is 1770. The van der Waals surface area contributed by atoms with E-state index in [0.29, 0.717) is 12.1 Å². The number of Topliss-reactive ketones (excluding diaryl/α,β-unsaturated/α-hetero) is 1. The maximum atomic E-state index is 13.6. The molecule has 4 heterocycles. The van der Waals surface area contributed by atoms with Crippen molar-refractivity contribution in [2.75, 3.05) is 0 Å². The van der Waals surface area contributed by atoms with E-state index in [1.165, 1.54) is 0 Å². The molecule has 0 spiro atoms. The quantitative estimate of drug-likeness (QED) is 0.298. The van der Waals surface area contributed by atoms with Crippen LogP contribution in [0, 0.1) is 0 Å². The van der Waals surface area contributed by atoms with Crippen molar-refractivity contribution in [2.45, 2.75) is 24.9 Å². The van der Waals surface area contributed by atoms with Crippen LogP contribution in [0.1, 0.15) is 40.8 Å². The maximum Gasteiger partial charge on any atom is 0.262 e. The number of carbonyl (C=O) groups is 2. The Morgan fingerprint density at radius 2 is 1.44 bits per heavy atom. The number of ketones is 1. The standard InChI is InChI=1S/C26H18N3O2P/c1-12-20-21-15-7-3-5-9-17(15)28-18-10-13(11-19(18)30)27-16-8-4-2-6-14(16)22(24(27)25(21)28)23(20)26(31)29(12)32/h2-9,13,18H,1,10-11,32H2. The minimum absolute atomic E-state index is 0.0397. The van der Waals surface area contributed by atoms with Gasteiger partial charge < -0.3 is 9.13 Å². The second-order valence-corrected chi connectivity index (χ2v) is 9.69. The summed E-state index contributed by atoms with van der Waals surface area (Å²) in [5, 5.41) is 4.17. The van der Waals surface area contributed by atoms with Crippen LogP contribution >= 0.6 is 9.39 Å². The van der Waals surface area contributed by atoms with E-state index in [4.69, 9.17) is 0 Å². The first-order valence-corrected chi connectivity index (χ1v) is 11.4. The molecule has 2 bridgehead atoms. The molecule has 1 saturated carbocycles. The van der Waals surface area contributed by atoms with Crippen molar-refractivity contribution in [3.63, 3.8) is 0 Å². The monoisotopic (exact) mass is 435 g/mol. The number of rotatable bonds is 0. The van der Waals surface area contributed by atoms with E-state index in [0.717, 1.165) is 61.2 Å². The van der Waals surface area contributed by atoms with E-state index in [1.807, 2.05) is 24.3 Å². The molecule has 3 atom stereocenters. The lowest BCUT2D eigenvalue weighted by atomic mass is 9.96. The van der Waals surface area contributed by atoms with Gasteiger partial charge in [-0.1, -0.05) is 43.0 Å². The summed E-state index contributed by atoms with van der Waals surface area (Å²) in [5.41, 5.74) is 6.61. The van der Waals surface area contributed by atoms with E-state index < -0.39 is 0 Å². The number of amides is 1. The van der Waals surface area contributed by atoms with Gasteiger partial charge in [0.05, 0.1) is 22.6 Å². The maximum absolute atomic E-state index is 13.6. The molecule has 1 fully saturated rings. The van der Waals surface area contributed by atoms with Gasteiger partial charge in [-0.3, -0.25) is 14.3 Å². The minimum Gasteiger partial charge on any atom is -0.335 e. The molecular weight excluding hydrogens is 417 g/mol. The SMILES string of the molecule is C=C1c2c(c3c4ccccc4n4c3c3c2c2ccccc2n3C2CC4CC2=O)C(=O)N1P. The number of nitrogens with zero attached hydrogens (tertiary/aromatic N) is 3. The molecule has 0 saturated heterocycles. The van der Waals surface area contributed by atoms with Gasteiger partial charge in [0.1, 0.15) is 0 Å². The van der Waals surface area contributed by atoms with Crippen molar-refractivity contribution >= 4 is 70.4 Å².